The van der Waals surface area contributed by atoms with Crippen LogP contribution in [0.4, 0.5) is 10.8 Å². The predicted octanol–water partition coefficient (Wildman–Crippen LogP) is 2.41. The maximum absolute atomic E-state index is 12.3. The Morgan fingerprint density at radius 3 is 2.62 bits per heavy atom. The van der Waals surface area contributed by atoms with Crippen LogP contribution in [0, 0.1) is 0 Å². The maximum Gasteiger partial charge on any atom is 0.233 e. The zero-order chi connectivity index (χ0) is 18.9. The lowest BCUT2D eigenvalue weighted by Crippen LogP contribution is -2.27. The van der Waals surface area contributed by atoms with Crippen molar-refractivity contribution < 1.29 is 9.53 Å². The molecule has 2 aromatic rings. The number of carbonyl (C=O) groups excluding carboxylic acids is 1. The van der Waals surface area contributed by atoms with Crippen LogP contribution in [-0.4, -0.2) is 68.2 Å². The van der Waals surface area contributed by atoms with Crippen molar-refractivity contribution in [2.45, 2.75) is 10.9 Å². The van der Waals surface area contributed by atoms with Gasteiger partial charge in [-0.25, -0.2) is 0 Å². The second-order valence-electron chi connectivity index (χ2n) is 5.89. The fourth-order valence-corrected chi connectivity index (χ4v) is 3.81. The number of hydrogen-bond donors (Lipinski definition) is 1. The van der Waals surface area contributed by atoms with Crippen LogP contribution in [0.2, 0.25) is 0 Å². The lowest BCUT2D eigenvalue weighted by Gasteiger charge is -2.18. The molecule has 0 fully saturated rings. The highest BCUT2D eigenvalue weighted by atomic mass is 32.2. The molecule has 0 aliphatic heterocycles. The van der Waals surface area contributed by atoms with Gasteiger partial charge in [0.2, 0.25) is 11.0 Å². The van der Waals surface area contributed by atoms with Gasteiger partial charge in [-0.1, -0.05) is 35.2 Å². The molecule has 2 rings (SSSR count). The molecule has 9 heteroatoms. The van der Waals surface area contributed by atoms with Crippen LogP contribution in [-0.2, 0) is 16.1 Å². The number of amides is 1. The molecule has 26 heavy (non-hydrogen) atoms. The molecular formula is C17H25N5O2S2. The van der Waals surface area contributed by atoms with Crippen LogP contribution in [0.15, 0.2) is 28.6 Å². The van der Waals surface area contributed by atoms with Crippen molar-refractivity contribution in [3.63, 3.8) is 0 Å². The summed E-state index contributed by atoms with van der Waals surface area (Å²) in [5.74, 6) is 0.412. The normalized spacial score (nSPS) is 10.6. The lowest BCUT2D eigenvalue weighted by atomic mass is 10.2. The second kappa shape index (κ2) is 10.3. The Labute approximate surface area is 162 Å². The van der Waals surface area contributed by atoms with Crippen LogP contribution >= 0.6 is 23.1 Å². The van der Waals surface area contributed by atoms with Gasteiger partial charge < -0.3 is 19.9 Å². The largest absolute Gasteiger partial charge is 0.383 e. The predicted molar refractivity (Wildman–Crippen MR) is 108 cm³/mol. The monoisotopic (exact) mass is 395 g/mol. The fourth-order valence-electron chi connectivity index (χ4n) is 2.09. The number of carbonyl (C=O) groups is 1. The van der Waals surface area contributed by atoms with E-state index in [4.69, 9.17) is 4.74 Å². The Bertz CT molecular complexity index is 691. The van der Waals surface area contributed by atoms with Gasteiger partial charge >= 0.3 is 0 Å². The first kappa shape index (κ1) is 20.5. The first-order chi connectivity index (χ1) is 12.5. The van der Waals surface area contributed by atoms with Crippen LogP contribution in [0.25, 0.3) is 0 Å². The van der Waals surface area contributed by atoms with Crippen LogP contribution < -0.4 is 10.2 Å². The molecule has 0 aliphatic rings. The van der Waals surface area contributed by atoms with Crippen molar-refractivity contribution in [3.05, 3.63) is 29.8 Å². The summed E-state index contributed by atoms with van der Waals surface area (Å²) < 4.78 is 5.76. The standard InChI is InChI=1S/C17H25N5O2S2/c1-21(2)14-7-5-13(6-8-14)11-22(3)15(23)12-25-17-20-19-16(26-17)18-9-10-24-4/h5-8H,9-12H2,1-4H3,(H,18,19). The highest BCUT2D eigenvalue weighted by molar-refractivity contribution is 8.01. The highest BCUT2D eigenvalue weighted by Crippen LogP contribution is 2.25. The minimum atomic E-state index is 0.0655. The summed E-state index contributed by atoms with van der Waals surface area (Å²) in [6.07, 6.45) is 0. The number of nitrogens with one attached hydrogen (secondary N) is 1. The van der Waals surface area contributed by atoms with E-state index in [1.165, 1.54) is 23.1 Å². The van der Waals surface area contributed by atoms with Gasteiger partial charge in [-0.3, -0.25) is 4.79 Å². The van der Waals surface area contributed by atoms with Crippen molar-refractivity contribution in [2.24, 2.45) is 0 Å². The number of nitrogens with zero attached hydrogens (tertiary/aromatic N) is 4. The molecule has 1 heterocycles. The topological polar surface area (TPSA) is 70.6 Å². The van der Waals surface area contributed by atoms with Gasteiger partial charge in [0.15, 0.2) is 4.34 Å². The summed E-state index contributed by atoms with van der Waals surface area (Å²) in [5.41, 5.74) is 2.25. The summed E-state index contributed by atoms with van der Waals surface area (Å²) in [6, 6.07) is 8.22. The molecule has 1 aromatic carbocycles. The third-order valence-electron chi connectivity index (χ3n) is 3.61. The number of thioether (sulfide) groups is 1. The average Bonchev–Trinajstić information content (AvgIpc) is 3.08. The summed E-state index contributed by atoms with van der Waals surface area (Å²) in [4.78, 5) is 16.1. The van der Waals surface area contributed by atoms with Gasteiger partial charge in [0, 0.05) is 47.0 Å². The van der Waals surface area contributed by atoms with E-state index in [1.807, 2.05) is 21.1 Å². The molecule has 142 valence electrons. The molecule has 1 N–H and O–H groups in total. The first-order valence-corrected chi connectivity index (χ1v) is 9.99. The number of methoxy groups -OCH3 is 1. The second-order valence-corrected chi connectivity index (χ2v) is 8.09. The summed E-state index contributed by atoms with van der Waals surface area (Å²) in [7, 11) is 7.49. The summed E-state index contributed by atoms with van der Waals surface area (Å²) in [6.45, 7) is 1.89. The average molecular weight is 396 g/mol. The number of hydrogen-bond acceptors (Lipinski definition) is 8. The van der Waals surface area contributed by atoms with Crippen molar-refractivity contribution in [1.29, 1.82) is 0 Å². The molecular weight excluding hydrogens is 370 g/mol. The van der Waals surface area contributed by atoms with E-state index < -0.39 is 0 Å². The Morgan fingerprint density at radius 1 is 1.23 bits per heavy atom. The Morgan fingerprint density at radius 2 is 1.96 bits per heavy atom. The third-order valence-corrected chi connectivity index (χ3v) is 5.61. The van der Waals surface area contributed by atoms with Crippen LogP contribution in [0.5, 0.6) is 0 Å². The fraction of sp³-hybridized carbons (Fsp3) is 0.471. The van der Waals surface area contributed by atoms with E-state index in [9.17, 15) is 4.79 Å². The molecule has 0 unspecified atom stereocenters. The Kier molecular flexibility index (Phi) is 8.14. The number of benzene rings is 1. The van der Waals surface area contributed by atoms with Gasteiger partial charge in [-0.2, -0.15) is 0 Å². The number of ether oxygens (including phenoxy) is 1. The number of anilines is 2. The first-order valence-electron chi connectivity index (χ1n) is 8.19. The third kappa shape index (κ3) is 6.47. The quantitative estimate of drug-likeness (QED) is 0.489. The van der Waals surface area contributed by atoms with E-state index in [-0.39, 0.29) is 5.91 Å². The minimum Gasteiger partial charge on any atom is -0.383 e. The minimum absolute atomic E-state index is 0.0655. The molecule has 0 radical (unpaired) electrons. The SMILES string of the molecule is COCCNc1nnc(SCC(=O)N(C)Cc2ccc(N(C)C)cc2)s1. The Balaban J connectivity index is 1.78. The number of rotatable bonds is 10. The number of aromatic nitrogens is 2. The van der Waals surface area contributed by atoms with Crippen molar-refractivity contribution >= 4 is 39.8 Å². The van der Waals surface area contributed by atoms with Crippen molar-refractivity contribution in [2.75, 3.05) is 57.4 Å². The lowest BCUT2D eigenvalue weighted by molar-refractivity contribution is -0.127. The molecule has 0 spiro atoms. The summed E-state index contributed by atoms with van der Waals surface area (Å²) >= 11 is 2.85. The smallest absolute Gasteiger partial charge is 0.233 e. The van der Waals surface area contributed by atoms with E-state index in [2.05, 4.69) is 44.7 Å². The van der Waals surface area contributed by atoms with Gasteiger partial charge in [0.05, 0.1) is 12.4 Å². The van der Waals surface area contributed by atoms with E-state index in [1.54, 1.807) is 12.0 Å². The summed E-state index contributed by atoms with van der Waals surface area (Å²) in [5, 5.41) is 12.0. The van der Waals surface area contributed by atoms with Gasteiger partial charge in [-0.15, -0.1) is 10.2 Å². The molecule has 0 saturated heterocycles. The van der Waals surface area contributed by atoms with Gasteiger partial charge in [0.25, 0.3) is 0 Å². The van der Waals surface area contributed by atoms with E-state index in [0.717, 1.165) is 20.7 Å². The van der Waals surface area contributed by atoms with Crippen molar-refractivity contribution in [3.8, 4) is 0 Å². The molecule has 1 amide bonds. The van der Waals surface area contributed by atoms with E-state index >= 15 is 0 Å². The zero-order valence-electron chi connectivity index (χ0n) is 15.6. The van der Waals surface area contributed by atoms with E-state index in [0.29, 0.717) is 25.4 Å². The molecule has 1 aromatic heterocycles. The zero-order valence-corrected chi connectivity index (χ0v) is 17.2. The molecule has 7 nitrogen and oxygen atoms in total. The molecule has 0 aliphatic carbocycles. The maximum atomic E-state index is 12.3. The van der Waals surface area contributed by atoms with Gasteiger partial charge in [-0.05, 0) is 17.7 Å². The van der Waals surface area contributed by atoms with Crippen molar-refractivity contribution in [1.82, 2.24) is 15.1 Å². The highest BCUT2D eigenvalue weighted by Gasteiger charge is 2.12. The Hall–Kier alpha value is -1.84. The van der Waals surface area contributed by atoms with Crippen LogP contribution in [0.1, 0.15) is 5.56 Å². The van der Waals surface area contributed by atoms with Gasteiger partial charge in [0.1, 0.15) is 0 Å². The molecule has 0 bridgehead atoms. The van der Waals surface area contributed by atoms with Crippen LogP contribution in [0.3, 0.4) is 0 Å². The molecule has 0 atom stereocenters. The molecule has 0 saturated carbocycles.